The fourth-order valence-electron chi connectivity index (χ4n) is 6.49. The molecule has 3 heteroatoms. The highest BCUT2D eigenvalue weighted by Crippen LogP contribution is 2.64. The van der Waals surface area contributed by atoms with E-state index < -0.39 is 0 Å². The SMILES string of the molecule is C[C@@]12CC(=O)C[C@H]1[C@@H]1CCC3=CC(=O)CC[C@]3(C)[C@H]1[C@@H](O)C2. The molecule has 0 heterocycles. The van der Waals surface area contributed by atoms with Gasteiger partial charge in [-0.15, -0.1) is 0 Å². The minimum atomic E-state index is -0.334. The first-order chi connectivity index (χ1) is 10.3. The summed E-state index contributed by atoms with van der Waals surface area (Å²) in [4.78, 5) is 23.9. The van der Waals surface area contributed by atoms with E-state index in [2.05, 4.69) is 13.8 Å². The van der Waals surface area contributed by atoms with Crippen molar-refractivity contribution in [3.63, 3.8) is 0 Å². The van der Waals surface area contributed by atoms with Gasteiger partial charge in [-0.25, -0.2) is 0 Å². The van der Waals surface area contributed by atoms with Crippen LogP contribution in [0.4, 0.5) is 0 Å². The van der Waals surface area contributed by atoms with Crippen LogP contribution in [0.2, 0.25) is 0 Å². The average molecular weight is 302 g/mol. The Bertz CT molecular complexity index is 577. The monoisotopic (exact) mass is 302 g/mol. The summed E-state index contributed by atoms with van der Waals surface area (Å²) >= 11 is 0. The summed E-state index contributed by atoms with van der Waals surface area (Å²) in [6, 6.07) is 0. The van der Waals surface area contributed by atoms with Crippen LogP contribution in [-0.2, 0) is 9.59 Å². The van der Waals surface area contributed by atoms with Crippen molar-refractivity contribution in [1.82, 2.24) is 0 Å². The lowest BCUT2D eigenvalue weighted by Gasteiger charge is -2.58. The minimum absolute atomic E-state index is 0.000267. The largest absolute Gasteiger partial charge is 0.393 e. The van der Waals surface area contributed by atoms with Crippen molar-refractivity contribution in [2.45, 2.75) is 64.9 Å². The summed E-state index contributed by atoms with van der Waals surface area (Å²) in [6.07, 6.45) is 7.11. The molecule has 0 bridgehead atoms. The second kappa shape index (κ2) is 4.53. The van der Waals surface area contributed by atoms with E-state index in [9.17, 15) is 14.7 Å². The molecule has 3 fully saturated rings. The van der Waals surface area contributed by atoms with Crippen molar-refractivity contribution in [3.05, 3.63) is 11.6 Å². The summed E-state index contributed by atoms with van der Waals surface area (Å²) in [7, 11) is 0. The topological polar surface area (TPSA) is 54.4 Å². The molecule has 22 heavy (non-hydrogen) atoms. The smallest absolute Gasteiger partial charge is 0.155 e. The molecule has 0 aliphatic heterocycles. The molecule has 0 aromatic rings. The summed E-state index contributed by atoms with van der Waals surface area (Å²) in [6.45, 7) is 4.46. The van der Waals surface area contributed by atoms with Gasteiger partial charge in [-0.2, -0.15) is 0 Å². The fourth-order valence-corrected chi connectivity index (χ4v) is 6.49. The number of Topliss-reactive ketones (excluding diaryl/α,β-unsaturated/α-hetero) is 1. The van der Waals surface area contributed by atoms with Gasteiger partial charge in [-0.1, -0.05) is 19.4 Å². The van der Waals surface area contributed by atoms with Crippen LogP contribution in [0.5, 0.6) is 0 Å². The number of carbonyl (C=O) groups excluding carboxylic acids is 2. The number of rotatable bonds is 0. The van der Waals surface area contributed by atoms with Crippen molar-refractivity contribution < 1.29 is 14.7 Å². The molecule has 0 aromatic heterocycles. The molecule has 0 amide bonds. The lowest BCUT2D eigenvalue weighted by molar-refractivity contribution is -0.127. The van der Waals surface area contributed by atoms with Crippen molar-refractivity contribution in [2.75, 3.05) is 0 Å². The molecule has 0 aromatic carbocycles. The molecule has 4 rings (SSSR count). The molecule has 6 atom stereocenters. The van der Waals surface area contributed by atoms with Crippen molar-refractivity contribution >= 4 is 11.6 Å². The molecule has 0 radical (unpaired) electrons. The maximum Gasteiger partial charge on any atom is 0.155 e. The van der Waals surface area contributed by atoms with Crippen LogP contribution in [0.3, 0.4) is 0 Å². The Hall–Kier alpha value is -0.960. The third-order valence-corrected chi connectivity index (χ3v) is 7.45. The number of fused-ring (bicyclic) bond motifs is 5. The van der Waals surface area contributed by atoms with Gasteiger partial charge in [-0.05, 0) is 60.3 Å². The quantitative estimate of drug-likeness (QED) is 0.748. The lowest BCUT2D eigenvalue weighted by atomic mass is 9.46. The summed E-state index contributed by atoms with van der Waals surface area (Å²) in [5.74, 6) is 1.73. The Labute approximate surface area is 132 Å². The molecule has 0 spiro atoms. The number of allylic oxidation sites excluding steroid dienone is 1. The zero-order chi connectivity index (χ0) is 15.7. The summed E-state index contributed by atoms with van der Waals surface area (Å²) in [5.41, 5.74) is 1.22. The Morgan fingerprint density at radius 1 is 1.23 bits per heavy atom. The third-order valence-electron chi connectivity index (χ3n) is 7.45. The second-order valence-corrected chi connectivity index (χ2v) is 8.73. The number of hydrogen-bond acceptors (Lipinski definition) is 3. The molecule has 4 aliphatic carbocycles. The van der Waals surface area contributed by atoms with Crippen LogP contribution >= 0.6 is 0 Å². The van der Waals surface area contributed by atoms with E-state index >= 15 is 0 Å². The molecule has 0 saturated heterocycles. The van der Waals surface area contributed by atoms with Gasteiger partial charge >= 0.3 is 0 Å². The first-order valence-corrected chi connectivity index (χ1v) is 8.77. The van der Waals surface area contributed by atoms with Gasteiger partial charge in [-0.3, -0.25) is 9.59 Å². The molecular weight excluding hydrogens is 276 g/mol. The summed E-state index contributed by atoms with van der Waals surface area (Å²) < 4.78 is 0. The normalized spacial score (nSPS) is 51.0. The van der Waals surface area contributed by atoms with E-state index in [0.29, 0.717) is 36.9 Å². The molecule has 120 valence electrons. The van der Waals surface area contributed by atoms with Gasteiger partial charge in [0.25, 0.3) is 0 Å². The second-order valence-electron chi connectivity index (χ2n) is 8.73. The Morgan fingerprint density at radius 3 is 2.77 bits per heavy atom. The van der Waals surface area contributed by atoms with Crippen molar-refractivity contribution in [3.8, 4) is 0 Å². The number of ketones is 2. The van der Waals surface area contributed by atoms with Crippen LogP contribution < -0.4 is 0 Å². The number of aliphatic hydroxyl groups is 1. The molecular formula is C19H26O3. The molecule has 3 saturated carbocycles. The molecule has 0 unspecified atom stereocenters. The Morgan fingerprint density at radius 2 is 2.00 bits per heavy atom. The van der Waals surface area contributed by atoms with Gasteiger partial charge in [0, 0.05) is 19.3 Å². The van der Waals surface area contributed by atoms with E-state index in [1.165, 1.54) is 5.57 Å². The predicted molar refractivity (Wildman–Crippen MR) is 83.1 cm³/mol. The van der Waals surface area contributed by atoms with E-state index in [1.807, 2.05) is 6.08 Å². The number of hydrogen-bond donors (Lipinski definition) is 1. The molecule has 4 aliphatic rings. The van der Waals surface area contributed by atoms with Gasteiger partial charge in [0.1, 0.15) is 5.78 Å². The van der Waals surface area contributed by atoms with Crippen LogP contribution in [0.25, 0.3) is 0 Å². The van der Waals surface area contributed by atoms with Gasteiger partial charge in [0.05, 0.1) is 6.10 Å². The third kappa shape index (κ3) is 1.84. The van der Waals surface area contributed by atoms with E-state index in [-0.39, 0.29) is 28.6 Å². The van der Waals surface area contributed by atoms with E-state index in [0.717, 1.165) is 25.7 Å². The van der Waals surface area contributed by atoms with Gasteiger partial charge in [0.15, 0.2) is 5.78 Å². The lowest BCUT2D eigenvalue weighted by Crippen LogP contribution is -2.55. The van der Waals surface area contributed by atoms with Crippen LogP contribution in [-0.4, -0.2) is 22.8 Å². The fraction of sp³-hybridized carbons (Fsp3) is 0.789. The number of aliphatic hydroxyl groups excluding tert-OH is 1. The number of carbonyl (C=O) groups is 2. The van der Waals surface area contributed by atoms with Crippen LogP contribution in [0.15, 0.2) is 11.6 Å². The minimum Gasteiger partial charge on any atom is -0.393 e. The highest BCUT2D eigenvalue weighted by Gasteiger charge is 2.60. The maximum absolute atomic E-state index is 12.1. The average Bonchev–Trinajstić information content (AvgIpc) is 2.73. The van der Waals surface area contributed by atoms with E-state index in [4.69, 9.17) is 0 Å². The van der Waals surface area contributed by atoms with Crippen LogP contribution in [0, 0.1) is 28.6 Å². The molecule has 1 N–H and O–H groups in total. The van der Waals surface area contributed by atoms with E-state index in [1.54, 1.807) is 0 Å². The first kappa shape index (κ1) is 14.6. The highest BCUT2D eigenvalue weighted by molar-refractivity contribution is 5.91. The Balaban J connectivity index is 1.75. The first-order valence-electron chi connectivity index (χ1n) is 8.77. The van der Waals surface area contributed by atoms with Gasteiger partial charge in [0.2, 0.25) is 0 Å². The Kier molecular flexibility index (Phi) is 3.01. The predicted octanol–water partition coefficient (Wildman–Crippen LogP) is 3.06. The summed E-state index contributed by atoms with van der Waals surface area (Å²) in [5, 5.41) is 10.9. The maximum atomic E-state index is 12.1. The highest BCUT2D eigenvalue weighted by atomic mass is 16.3. The van der Waals surface area contributed by atoms with Gasteiger partial charge < -0.3 is 5.11 Å². The zero-order valence-corrected chi connectivity index (χ0v) is 13.6. The van der Waals surface area contributed by atoms with Crippen molar-refractivity contribution in [2.24, 2.45) is 28.6 Å². The van der Waals surface area contributed by atoms with Crippen molar-refractivity contribution in [1.29, 1.82) is 0 Å². The zero-order valence-electron chi connectivity index (χ0n) is 13.6. The van der Waals surface area contributed by atoms with Crippen LogP contribution in [0.1, 0.15) is 58.8 Å². The standard InChI is InChI=1S/C19H26O3/c1-18-9-13(21)8-15(18)14-4-3-11-7-12(20)5-6-19(11,2)17(14)16(22)10-18/h7,14-17,22H,3-6,8-10H2,1-2H3/t14-,15-,16-,17+,18-,19-/m0/s1. The molecule has 3 nitrogen and oxygen atoms in total.